The van der Waals surface area contributed by atoms with Gasteiger partial charge >= 0.3 is 0 Å². The Bertz CT molecular complexity index is 784. The van der Waals surface area contributed by atoms with Crippen molar-refractivity contribution in [2.24, 2.45) is 5.92 Å². The van der Waals surface area contributed by atoms with Gasteiger partial charge in [-0.1, -0.05) is 29.3 Å². The first-order chi connectivity index (χ1) is 13.2. The van der Waals surface area contributed by atoms with Crippen molar-refractivity contribution in [1.82, 2.24) is 15.1 Å². The van der Waals surface area contributed by atoms with E-state index in [4.69, 9.17) is 23.2 Å². The lowest BCUT2D eigenvalue weighted by molar-refractivity contribution is -0.142. The Hall–Kier alpha value is -2.12. The Balaban J connectivity index is 1.78. The maximum absolute atomic E-state index is 12.3. The highest BCUT2D eigenvalue weighted by molar-refractivity contribution is 6.42. The van der Waals surface area contributed by atoms with Crippen molar-refractivity contribution in [3.05, 3.63) is 33.8 Å². The molecule has 1 aliphatic heterocycles. The standard InChI is InChI=1S/C19H23Cl2N3O4/c1-12(25)23(2)8-9-24-11-14(17(26)19(24)28)18(27)22-7-3-4-13-5-6-15(20)16(21)10-13/h5-6,10,14H,3-4,7-9,11H2,1-2H3,(H,22,27). The average Bonchev–Trinajstić information content (AvgIpc) is 2.94. The number of nitrogens with zero attached hydrogens (tertiary/aromatic N) is 2. The Labute approximate surface area is 173 Å². The second kappa shape index (κ2) is 9.89. The van der Waals surface area contributed by atoms with Crippen LogP contribution in [0.2, 0.25) is 10.0 Å². The summed E-state index contributed by atoms with van der Waals surface area (Å²) in [6.07, 6.45) is 1.35. The van der Waals surface area contributed by atoms with Gasteiger partial charge in [0, 0.05) is 40.2 Å². The summed E-state index contributed by atoms with van der Waals surface area (Å²) >= 11 is 11.8. The predicted octanol–water partition coefficient (Wildman–Crippen LogP) is 1.55. The molecule has 1 N–H and O–H groups in total. The van der Waals surface area contributed by atoms with Crippen LogP contribution in [-0.2, 0) is 25.6 Å². The molecule has 9 heteroatoms. The molecule has 0 radical (unpaired) electrons. The maximum Gasteiger partial charge on any atom is 0.290 e. The summed E-state index contributed by atoms with van der Waals surface area (Å²) in [5, 5.41) is 3.68. The van der Waals surface area contributed by atoms with Crippen molar-refractivity contribution in [3.8, 4) is 0 Å². The molecule has 7 nitrogen and oxygen atoms in total. The van der Waals surface area contributed by atoms with E-state index in [1.54, 1.807) is 19.2 Å². The van der Waals surface area contributed by atoms with E-state index in [1.165, 1.54) is 16.7 Å². The Morgan fingerprint density at radius 2 is 1.96 bits per heavy atom. The first kappa shape index (κ1) is 22.2. The molecule has 0 aliphatic carbocycles. The first-order valence-corrected chi connectivity index (χ1v) is 9.72. The first-order valence-electron chi connectivity index (χ1n) is 8.97. The smallest absolute Gasteiger partial charge is 0.290 e. The lowest BCUT2D eigenvalue weighted by Crippen LogP contribution is -2.37. The number of hydrogen-bond acceptors (Lipinski definition) is 4. The monoisotopic (exact) mass is 427 g/mol. The van der Waals surface area contributed by atoms with E-state index < -0.39 is 23.5 Å². The van der Waals surface area contributed by atoms with Crippen molar-refractivity contribution in [2.75, 3.05) is 33.2 Å². The van der Waals surface area contributed by atoms with E-state index in [2.05, 4.69) is 5.32 Å². The molecule has 0 aromatic heterocycles. The molecule has 1 aromatic carbocycles. The molecule has 1 saturated heterocycles. The molecule has 1 atom stereocenters. The number of carbonyl (C=O) groups is 4. The highest BCUT2D eigenvalue weighted by atomic mass is 35.5. The van der Waals surface area contributed by atoms with Crippen molar-refractivity contribution in [2.45, 2.75) is 19.8 Å². The van der Waals surface area contributed by atoms with Crippen LogP contribution in [0.3, 0.4) is 0 Å². The molecule has 2 rings (SSSR count). The molecular formula is C19H23Cl2N3O4. The minimum Gasteiger partial charge on any atom is -0.355 e. The second-order valence-corrected chi connectivity index (χ2v) is 7.57. The van der Waals surface area contributed by atoms with E-state index in [1.807, 2.05) is 6.07 Å². The fraction of sp³-hybridized carbons (Fsp3) is 0.474. The van der Waals surface area contributed by atoms with Crippen molar-refractivity contribution in [3.63, 3.8) is 0 Å². The van der Waals surface area contributed by atoms with Crippen LogP contribution in [-0.4, -0.2) is 66.5 Å². The van der Waals surface area contributed by atoms with Crippen LogP contribution in [0.1, 0.15) is 18.9 Å². The molecule has 1 fully saturated rings. The fourth-order valence-electron chi connectivity index (χ4n) is 2.84. The topological polar surface area (TPSA) is 86.8 Å². The van der Waals surface area contributed by atoms with E-state index in [9.17, 15) is 19.2 Å². The third-order valence-corrected chi connectivity index (χ3v) is 5.44. The summed E-state index contributed by atoms with van der Waals surface area (Å²) < 4.78 is 0. The minimum absolute atomic E-state index is 0.0437. The number of likely N-dealkylation sites (tertiary alicyclic amines) is 1. The summed E-state index contributed by atoms with van der Waals surface area (Å²) in [7, 11) is 1.61. The van der Waals surface area contributed by atoms with Gasteiger partial charge in [0.2, 0.25) is 17.6 Å². The molecule has 28 heavy (non-hydrogen) atoms. The largest absolute Gasteiger partial charge is 0.355 e. The Morgan fingerprint density at radius 3 is 2.61 bits per heavy atom. The van der Waals surface area contributed by atoms with E-state index in [-0.39, 0.29) is 19.0 Å². The van der Waals surface area contributed by atoms with Gasteiger partial charge in [0.25, 0.3) is 5.91 Å². The van der Waals surface area contributed by atoms with Gasteiger partial charge in [-0.3, -0.25) is 19.2 Å². The number of aryl methyl sites for hydroxylation is 1. The Morgan fingerprint density at radius 1 is 1.25 bits per heavy atom. The van der Waals surface area contributed by atoms with E-state index in [0.29, 0.717) is 36.0 Å². The fourth-order valence-corrected chi connectivity index (χ4v) is 3.16. The third kappa shape index (κ3) is 5.69. The second-order valence-electron chi connectivity index (χ2n) is 6.75. The van der Waals surface area contributed by atoms with Gasteiger partial charge in [0.15, 0.2) is 0 Å². The van der Waals surface area contributed by atoms with Gasteiger partial charge in [-0.25, -0.2) is 0 Å². The van der Waals surface area contributed by atoms with Crippen LogP contribution in [0.4, 0.5) is 0 Å². The van der Waals surface area contributed by atoms with Gasteiger partial charge < -0.3 is 15.1 Å². The lowest BCUT2D eigenvalue weighted by Gasteiger charge is -2.20. The zero-order valence-electron chi connectivity index (χ0n) is 15.8. The van der Waals surface area contributed by atoms with Crippen LogP contribution in [0, 0.1) is 5.92 Å². The molecule has 1 unspecified atom stereocenters. The van der Waals surface area contributed by atoms with Gasteiger partial charge in [-0.2, -0.15) is 0 Å². The van der Waals surface area contributed by atoms with Crippen LogP contribution in [0.15, 0.2) is 18.2 Å². The van der Waals surface area contributed by atoms with E-state index in [0.717, 1.165) is 5.56 Å². The van der Waals surface area contributed by atoms with Crippen LogP contribution >= 0.6 is 23.2 Å². The van der Waals surface area contributed by atoms with Crippen LogP contribution in [0.5, 0.6) is 0 Å². The number of amides is 3. The Kier molecular flexibility index (Phi) is 7.83. The molecule has 1 aromatic rings. The highest BCUT2D eigenvalue weighted by Crippen LogP contribution is 2.23. The van der Waals surface area contributed by atoms with Gasteiger partial charge in [-0.15, -0.1) is 0 Å². The molecule has 152 valence electrons. The number of hydrogen-bond donors (Lipinski definition) is 1. The zero-order valence-corrected chi connectivity index (χ0v) is 17.3. The molecular weight excluding hydrogens is 405 g/mol. The zero-order chi connectivity index (χ0) is 20.8. The summed E-state index contributed by atoms with van der Waals surface area (Å²) in [6, 6.07) is 5.37. The highest BCUT2D eigenvalue weighted by Gasteiger charge is 2.42. The molecule has 0 bridgehead atoms. The summed E-state index contributed by atoms with van der Waals surface area (Å²) in [5.74, 6) is -2.95. The SMILES string of the molecule is CC(=O)N(C)CCN1CC(C(=O)NCCCc2ccc(Cl)c(Cl)c2)C(=O)C1=O. The predicted molar refractivity (Wildman–Crippen MR) is 106 cm³/mol. The van der Waals surface area contributed by atoms with Crippen LogP contribution in [0.25, 0.3) is 0 Å². The average molecular weight is 428 g/mol. The van der Waals surface area contributed by atoms with Gasteiger partial charge in [0.05, 0.1) is 10.0 Å². The normalized spacial score (nSPS) is 16.4. The summed E-state index contributed by atoms with van der Waals surface area (Å²) in [6.45, 7) is 2.38. The minimum atomic E-state index is -1.000. The number of rotatable bonds is 8. The van der Waals surface area contributed by atoms with Crippen molar-refractivity contribution < 1.29 is 19.2 Å². The summed E-state index contributed by atoms with van der Waals surface area (Å²) in [5.41, 5.74) is 0.997. The molecule has 0 spiro atoms. The van der Waals surface area contributed by atoms with Crippen LogP contribution < -0.4 is 5.32 Å². The number of likely N-dealkylation sites (N-methyl/N-ethyl adjacent to an activating group) is 1. The summed E-state index contributed by atoms with van der Waals surface area (Å²) in [4.78, 5) is 50.4. The van der Waals surface area contributed by atoms with Crippen molar-refractivity contribution in [1.29, 1.82) is 0 Å². The van der Waals surface area contributed by atoms with Gasteiger partial charge in [0.1, 0.15) is 5.92 Å². The quantitative estimate of drug-likeness (QED) is 0.387. The number of halogens is 2. The number of carbonyl (C=O) groups excluding carboxylic acids is 4. The maximum atomic E-state index is 12.3. The number of benzene rings is 1. The van der Waals surface area contributed by atoms with Gasteiger partial charge in [-0.05, 0) is 30.5 Å². The number of nitrogens with one attached hydrogen (secondary N) is 1. The van der Waals surface area contributed by atoms with E-state index >= 15 is 0 Å². The molecule has 3 amide bonds. The number of Topliss-reactive ketones (excluding diaryl/α,β-unsaturated/α-hetero) is 1. The van der Waals surface area contributed by atoms with Crippen molar-refractivity contribution >= 4 is 46.7 Å². The molecule has 1 heterocycles. The number of ketones is 1. The molecule has 1 aliphatic rings. The lowest BCUT2D eigenvalue weighted by atomic mass is 10.1. The molecule has 0 saturated carbocycles. The third-order valence-electron chi connectivity index (χ3n) is 4.70.